The van der Waals surface area contributed by atoms with Gasteiger partial charge in [0.2, 0.25) is 0 Å². The molecule has 4 aliphatic rings. The molecular weight excluding hydrogens is 288 g/mol. The van der Waals surface area contributed by atoms with E-state index in [1.807, 2.05) is 6.92 Å². The first-order valence-electron chi connectivity index (χ1n) is 9.63. The van der Waals surface area contributed by atoms with Gasteiger partial charge in [-0.25, -0.2) is 0 Å². The van der Waals surface area contributed by atoms with Crippen molar-refractivity contribution < 1.29 is 15.3 Å². The summed E-state index contributed by atoms with van der Waals surface area (Å²) in [4.78, 5) is 0. The summed E-state index contributed by atoms with van der Waals surface area (Å²) in [5.41, 5.74) is -0.339. The molecule has 0 radical (unpaired) electrons. The lowest BCUT2D eigenvalue weighted by molar-refractivity contribution is -0.224. The molecule has 1 spiro atoms. The number of rotatable bonds is 0. The van der Waals surface area contributed by atoms with Crippen molar-refractivity contribution in [1.29, 1.82) is 0 Å². The Kier molecular flexibility index (Phi) is 3.22. The Morgan fingerprint density at radius 3 is 2.30 bits per heavy atom. The molecule has 132 valence electrons. The highest BCUT2D eigenvalue weighted by molar-refractivity contribution is 5.20. The Balaban J connectivity index is 1.80. The highest BCUT2D eigenvalue weighted by Gasteiger charge is 2.71. The number of aliphatic hydroxyl groups is 3. The van der Waals surface area contributed by atoms with Crippen LogP contribution in [0.25, 0.3) is 0 Å². The van der Waals surface area contributed by atoms with Crippen molar-refractivity contribution >= 4 is 0 Å². The number of fused-ring (bicyclic) bond motifs is 2. The summed E-state index contributed by atoms with van der Waals surface area (Å²) in [6.07, 6.45) is 6.21. The Morgan fingerprint density at radius 1 is 0.913 bits per heavy atom. The van der Waals surface area contributed by atoms with Crippen LogP contribution in [-0.4, -0.2) is 33.1 Å². The van der Waals surface area contributed by atoms with Crippen LogP contribution < -0.4 is 0 Å². The summed E-state index contributed by atoms with van der Waals surface area (Å²) in [6.45, 7) is 8.86. The van der Waals surface area contributed by atoms with E-state index in [1.54, 1.807) is 0 Å². The average molecular weight is 322 g/mol. The molecule has 4 fully saturated rings. The zero-order valence-corrected chi connectivity index (χ0v) is 15.2. The molecule has 0 aromatic heterocycles. The topological polar surface area (TPSA) is 60.7 Å². The summed E-state index contributed by atoms with van der Waals surface area (Å²) >= 11 is 0. The minimum absolute atomic E-state index is 0.133. The maximum absolute atomic E-state index is 11.0. The van der Waals surface area contributed by atoms with Gasteiger partial charge in [-0.1, -0.05) is 20.8 Å². The molecule has 23 heavy (non-hydrogen) atoms. The Bertz CT molecular complexity index is 513. The van der Waals surface area contributed by atoms with Crippen LogP contribution in [0.5, 0.6) is 0 Å². The maximum atomic E-state index is 11.0. The SMILES string of the molecule is CC1(C)[C@H](O)CC[C@@]2(C)[C@H]1C[C@H](O)[C@H]1C[C@@H]3C[C@@]12CC[C@@]3(C)O. The highest BCUT2D eigenvalue weighted by atomic mass is 16.3. The number of hydrogen-bond acceptors (Lipinski definition) is 3. The highest BCUT2D eigenvalue weighted by Crippen LogP contribution is 2.75. The molecule has 4 saturated carbocycles. The third-order valence-corrected chi connectivity index (χ3v) is 9.36. The molecule has 0 heterocycles. The van der Waals surface area contributed by atoms with Crippen LogP contribution >= 0.6 is 0 Å². The largest absolute Gasteiger partial charge is 0.393 e. The van der Waals surface area contributed by atoms with E-state index in [0.717, 1.165) is 44.9 Å². The van der Waals surface area contributed by atoms with Gasteiger partial charge in [0.1, 0.15) is 0 Å². The van der Waals surface area contributed by atoms with Crippen LogP contribution in [0.4, 0.5) is 0 Å². The van der Waals surface area contributed by atoms with Crippen LogP contribution in [0.3, 0.4) is 0 Å². The molecule has 2 bridgehead atoms. The normalized spacial score (nSPS) is 60.9. The predicted octanol–water partition coefficient (Wildman–Crippen LogP) is 3.11. The minimum atomic E-state index is -0.558. The van der Waals surface area contributed by atoms with Gasteiger partial charge in [0.15, 0.2) is 0 Å². The van der Waals surface area contributed by atoms with Gasteiger partial charge in [0.05, 0.1) is 17.8 Å². The van der Waals surface area contributed by atoms with E-state index >= 15 is 0 Å². The zero-order chi connectivity index (χ0) is 16.8. The van der Waals surface area contributed by atoms with Crippen LogP contribution in [0.1, 0.15) is 72.6 Å². The summed E-state index contributed by atoms with van der Waals surface area (Å²) in [6, 6.07) is 0. The van der Waals surface area contributed by atoms with Gasteiger partial charge < -0.3 is 15.3 Å². The third kappa shape index (κ3) is 1.82. The van der Waals surface area contributed by atoms with Crippen molar-refractivity contribution in [2.24, 2.45) is 34.0 Å². The molecule has 3 nitrogen and oxygen atoms in total. The second-order valence-corrected chi connectivity index (χ2v) is 10.4. The van der Waals surface area contributed by atoms with Gasteiger partial charge in [-0.2, -0.15) is 0 Å². The van der Waals surface area contributed by atoms with E-state index in [0.29, 0.717) is 17.8 Å². The maximum Gasteiger partial charge on any atom is 0.0648 e. The van der Waals surface area contributed by atoms with E-state index in [4.69, 9.17) is 0 Å². The fraction of sp³-hybridized carbons (Fsp3) is 1.00. The van der Waals surface area contributed by atoms with Crippen molar-refractivity contribution in [3.63, 3.8) is 0 Å². The van der Waals surface area contributed by atoms with Gasteiger partial charge >= 0.3 is 0 Å². The van der Waals surface area contributed by atoms with Crippen molar-refractivity contribution in [1.82, 2.24) is 0 Å². The van der Waals surface area contributed by atoms with Gasteiger partial charge in [-0.05, 0) is 85.9 Å². The zero-order valence-electron chi connectivity index (χ0n) is 15.2. The number of aliphatic hydroxyl groups excluding tert-OH is 2. The van der Waals surface area contributed by atoms with Crippen LogP contribution in [0, 0.1) is 34.0 Å². The van der Waals surface area contributed by atoms with Gasteiger partial charge in [-0.15, -0.1) is 0 Å². The van der Waals surface area contributed by atoms with E-state index in [2.05, 4.69) is 20.8 Å². The van der Waals surface area contributed by atoms with Crippen molar-refractivity contribution in [2.75, 3.05) is 0 Å². The third-order valence-electron chi connectivity index (χ3n) is 9.36. The molecule has 4 rings (SSSR count). The molecule has 0 aliphatic heterocycles. The van der Waals surface area contributed by atoms with Gasteiger partial charge in [0.25, 0.3) is 0 Å². The van der Waals surface area contributed by atoms with Crippen molar-refractivity contribution in [3.05, 3.63) is 0 Å². The number of hydrogen-bond donors (Lipinski definition) is 3. The predicted molar refractivity (Wildman–Crippen MR) is 89.7 cm³/mol. The van der Waals surface area contributed by atoms with E-state index < -0.39 is 5.60 Å². The summed E-state index contributed by atoms with van der Waals surface area (Å²) in [7, 11) is 0. The van der Waals surface area contributed by atoms with Crippen molar-refractivity contribution in [2.45, 2.75) is 90.4 Å². The van der Waals surface area contributed by atoms with E-state index in [1.165, 1.54) is 0 Å². The summed E-state index contributed by atoms with van der Waals surface area (Å²) < 4.78 is 0. The Morgan fingerprint density at radius 2 is 1.61 bits per heavy atom. The smallest absolute Gasteiger partial charge is 0.0648 e. The van der Waals surface area contributed by atoms with Gasteiger partial charge in [0, 0.05) is 0 Å². The first-order chi connectivity index (χ1) is 10.5. The Labute approximate surface area is 140 Å². The van der Waals surface area contributed by atoms with E-state index in [9.17, 15) is 15.3 Å². The first-order valence-corrected chi connectivity index (χ1v) is 9.63. The van der Waals surface area contributed by atoms with Crippen molar-refractivity contribution in [3.8, 4) is 0 Å². The fourth-order valence-electron chi connectivity index (χ4n) is 7.72. The quantitative estimate of drug-likeness (QED) is 0.642. The lowest BCUT2D eigenvalue weighted by Gasteiger charge is -2.67. The first kappa shape index (κ1) is 16.4. The summed E-state index contributed by atoms with van der Waals surface area (Å²) in [5, 5.41) is 32.4. The molecular formula is C20H34O3. The van der Waals surface area contributed by atoms with Crippen LogP contribution in [-0.2, 0) is 0 Å². The molecule has 0 saturated heterocycles. The van der Waals surface area contributed by atoms with Gasteiger partial charge in [-0.3, -0.25) is 0 Å². The lowest BCUT2D eigenvalue weighted by Crippen LogP contribution is -2.64. The monoisotopic (exact) mass is 322 g/mol. The van der Waals surface area contributed by atoms with Crippen LogP contribution in [0.15, 0.2) is 0 Å². The second kappa shape index (κ2) is 4.53. The molecule has 8 atom stereocenters. The lowest BCUT2D eigenvalue weighted by atomic mass is 9.39. The molecule has 0 aromatic rings. The average Bonchev–Trinajstić information content (AvgIpc) is 2.83. The fourth-order valence-corrected chi connectivity index (χ4v) is 7.72. The molecule has 0 aromatic carbocycles. The summed E-state index contributed by atoms with van der Waals surface area (Å²) in [5.74, 6) is 1.04. The molecule has 4 aliphatic carbocycles. The Hall–Kier alpha value is -0.120. The minimum Gasteiger partial charge on any atom is -0.393 e. The molecule has 3 heteroatoms. The standard InChI is InChI=1S/C20H34O3/c1-17(2)15-10-14(21)13-9-12-11-20(13,8-7-19(12,4)23)18(15,3)6-5-16(17)22/h12-16,21-23H,5-11H2,1-4H3/t12-,13-,14+,15+,16-,18+,19-,20+/m1/s1. The van der Waals surface area contributed by atoms with E-state index in [-0.39, 0.29) is 28.5 Å². The second-order valence-electron chi connectivity index (χ2n) is 10.4. The molecule has 0 unspecified atom stereocenters. The molecule has 3 N–H and O–H groups in total. The molecule has 0 amide bonds. The van der Waals surface area contributed by atoms with Crippen LogP contribution in [0.2, 0.25) is 0 Å².